The van der Waals surface area contributed by atoms with Crippen molar-refractivity contribution in [3.63, 3.8) is 0 Å². The highest BCUT2D eigenvalue weighted by molar-refractivity contribution is 8.04. The first kappa shape index (κ1) is 16.8. The number of carbonyl (C=O) groups excluding carboxylic acids is 2. The Kier molecular flexibility index (Phi) is 4.49. The van der Waals surface area contributed by atoms with Gasteiger partial charge in [-0.15, -0.1) is 11.3 Å². The number of para-hydroxylation sites is 1. The van der Waals surface area contributed by atoms with Crippen LogP contribution in [-0.4, -0.2) is 11.8 Å². The predicted octanol–water partition coefficient (Wildman–Crippen LogP) is 5.13. The van der Waals surface area contributed by atoms with Crippen molar-refractivity contribution in [3.05, 3.63) is 87.5 Å². The zero-order valence-corrected chi connectivity index (χ0v) is 15.6. The number of thioether (sulfide) groups is 1. The molecule has 0 aliphatic carbocycles. The molecular weight excluding hydrogens is 362 g/mol. The van der Waals surface area contributed by atoms with Crippen LogP contribution in [0.3, 0.4) is 0 Å². The number of nitrogens with zero attached hydrogens (tertiary/aromatic N) is 1. The van der Waals surface area contributed by atoms with Crippen molar-refractivity contribution in [1.82, 2.24) is 0 Å². The summed E-state index contributed by atoms with van der Waals surface area (Å²) in [5.74, 6) is -0.522. The summed E-state index contributed by atoms with van der Waals surface area (Å²) in [4.78, 5) is 29.9. The van der Waals surface area contributed by atoms with Crippen LogP contribution in [0.1, 0.15) is 10.4 Å². The number of benzene rings is 2. The van der Waals surface area contributed by atoms with Gasteiger partial charge in [0.1, 0.15) is 0 Å². The predicted molar refractivity (Wildman–Crippen MR) is 107 cm³/mol. The molecule has 4 rings (SSSR count). The van der Waals surface area contributed by atoms with E-state index in [1.54, 1.807) is 0 Å². The van der Waals surface area contributed by atoms with Crippen molar-refractivity contribution in [2.75, 3.05) is 4.90 Å². The van der Waals surface area contributed by atoms with E-state index in [-0.39, 0.29) is 11.8 Å². The quantitative estimate of drug-likeness (QED) is 0.591. The number of anilines is 1. The molecule has 2 heterocycles. The van der Waals surface area contributed by atoms with Crippen molar-refractivity contribution in [2.24, 2.45) is 0 Å². The molecule has 1 aliphatic heterocycles. The van der Waals surface area contributed by atoms with Gasteiger partial charge in [0.05, 0.1) is 16.2 Å². The number of rotatable bonds is 4. The summed E-state index contributed by atoms with van der Waals surface area (Å²) in [6.07, 6.45) is 0. The summed E-state index contributed by atoms with van der Waals surface area (Å²) >= 11 is 2.82. The number of aryl methyl sites for hydroxylation is 1. The molecule has 3 nitrogen and oxygen atoms in total. The molecule has 0 fully saturated rings. The number of thiophene rings is 1. The third kappa shape index (κ3) is 2.89. The minimum atomic E-state index is -0.262. The second-order valence-corrected chi connectivity index (χ2v) is 7.86. The number of hydrogen-bond acceptors (Lipinski definition) is 4. The van der Waals surface area contributed by atoms with Gasteiger partial charge in [-0.05, 0) is 42.1 Å². The molecule has 5 heteroatoms. The lowest BCUT2D eigenvalue weighted by Crippen LogP contribution is -2.31. The average Bonchev–Trinajstić information content (AvgIpc) is 3.25. The van der Waals surface area contributed by atoms with Crippen LogP contribution >= 0.6 is 23.1 Å². The smallest absolute Gasteiger partial charge is 0.268 e. The van der Waals surface area contributed by atoms with E-state index in [0.29, 0.717) is 16.2 Å². The maximum Gasteiger partial charge on any atom is 0.272 e. The summed E-state index contributed by atoms with van der Waals surface area (Å²) in [5, 5.41) is 1.92. The Balaban J connectivity index is 1.82. The second-order valence-electron chi connectivity index (χ2n) is 5.83. The van der Waals surface area contributed by atoms with Crippen molar-refractivity contribution in [2.45, 2.75) is 11.8 Å². The Morgan fingerprint density at radius 1 is 0.846 bits per heavy atom. The molecule has 0 saturated heterocycles. The van der Waals surface area contributed by atoms with Crippen molar-refractivity contribution in [3.8, 4) is 0 Å². The van der Waals surface area contributed by atoms with E-state index in [9.17, 15) is 9.59 Å². The Morgan fingerprint density at radius 3 is 2.27 bits per heavy atom. The fourth-order valence-electron chi connectivity index (χ4n) is 2.88. The Bertz CT molecular complexity index is 1010. The van der Waals surface area contributed by atoms with Crippen LogP contribution in [0, 0.1) is 6.92 Å². The van der Waals surface area contributed by atoms with Gasteiger partial charge in [0.15, 0.2) is 0 Å². The van der Waals surface area contributed by atoms with E-state index < -0.39 is 0 Å². The second kappa shape index (κ2) is 6.94. The molecule has 0 atom stereocenters. The fourth-order valence-corrected chi connectivity index (χ4v) is 4.72. The highest BCUT2D eigenvalue weighted by Crippen LogP contribution is 2.42. The van der Waals surface area contributed by atoms with E-state index in [1.165, 1.54) is 28.0 Å². The summed E-state index contributed by atoms with van der Waals surface area (Å²) < 4.78 is 0. The van der Waals surface area contributed by atoms with Crippen molar-refractivity contribution < 1.29 is 9.59 Å². The Labute approximate surface area is 160 Å². The lowest BCUT2D eigenvalue weighted by molar-refractivity contribution is -0.119. The molecule has 0 saturated carbocycles. The average molecular weight is 377 g/mol. The largest absolute Gasteiger partial charge is 0.272 e. The van der Waals surface area contributed by atoms with Crippen LogP contribution in [-0.2, 0) is 9.59 Å². The standard InChI is InChI=1S/C21H15NO2S2/c1-14-8-5-6-11-16(14)22-20(23)18(17-12-7-13-25-17)19(21(22)24)26-15-9-3-2-4-10-15/h2-13H,1H3. The SMILES string of the molecule is Cc1ccccc1N1C(=O)C(Sc2ccccc2)=C(c2cccs2)C1=O. The summed E-state index contributed by atoms with van der Waals surface area (Å²) in [7, 11) is 0. The van der Waals surface area contributed by atoms with Crippen LogP contribution in [0.2, 0.25) is 0 Å². The minimum absolute atomic E-state index is 0.259. The van der Waals surface area contributed by atoms with E-state index in [0.717, 1.165) is 15.3 Å². The van der Waals surface area contributed by atoms with E-state index in [1.807, 2.05) is 79.0 Å². The van der Waals surface area contributed by atoms with Crippen LogP contribution in [0.15, 0.2) is 81.9 Å². The maximum absolute atomic E-state index is 13.2. The maximum atomic E-state index is 13.2. The monoisotopic (exact) mass is 377 g/mol. The summed E-state index contributed by atoms with van der Waals surface area (Å²) in [6, 6.07) is 20.9. The van der Waals surface area contributed by atoms with E-state index in [4.69, 9.17) is 0 Å². The first-order valence-corrected chi connectivity index (χ1v) is 9.82. The van der Waals surface area contributed by atoms with Gasteiger partial charge < -0.3 is 0 Å². The van der Waals surface area contributed by atoms with Gasteiger partial charge in [0, 0.05) is 9.77 Å². The van der Waals surface area contributed by atoms with Gasteiger partial charge in [-0.2, -0.15) is 0 Å². The zero-order valence-electron chi connectivity index (χ0n) is 14.0. The number of hydrogen-bond donors (Lipinski definition) is 0. The van der Waals surface area contributed by atoms with Crippen LogP contribution < -0.4 is 4.90 Å². The molecule has 26 heavy (non-hydrogen) atoms. The Morgan fingerprint density at radius 2 is 1.58 bits per heavy atom. The molecule has 1 aromatic heterocycles. The number of carbonyl (C=O) groups is 2. The summed E-state index contributed by atoms with van der Waals surface area (Å²) in [6.45, 7) is 1.91. The third-order valence-electron chi connectivity index (χ3n) is 4.13. The zero-order chi connectivity index (χ0) is 18.1. The van der Waals surface area contributed by atoms with Gasteiger partial charge in [-0.3, -0.25) is 9.59 Å². The normalized spacial score (nSPS) is 14.4. The van der Waals surface area contributed by atoms with E-state index in [2.05, 4.69) is 0 Å². The molecule has 128 valence electrons. The lowest BCUT2D eigenvalue weighted by Gasteiger charge is -2.17. The number of imide groups is 1. The van der Waals surface area contributed by atoms with Gasteiger partial charge >= 0.3 is 0 Å². The van der Waals surface area contributed by atoms with E-state index >= 15 is 0 Å². The molecule has 0 radical (unpaired) electrons. The van der Waals surface area contributed by atoms with Gasteiger partial charge in [0.25, 0.3) is 11.8 Å². The fraction of sp³-hybridized carbons (Fsp3) is 0.0476. The lowest BCUT2D eigenvalue weighted by atomic mass is 10.1. The van der Waals surface area contributed by atoms with Gasteiger partial charge in [-0.1, -0.05) is 54.2 Å². The third-order valence-corrected chi connectivity index (χ3v) is 6.11. The highest BCUT2D eigenvalue weighted by Gasteiger charge is 2.41. The first-order valence-electron chi connectivity index (χ1n) is 8.12. The first-order chi connectivity index (χ1) is 12.7. The topological polar surface area (TPSA) is 37.4 Å². The van der Waals surface area contributed by atoms with Crippen molar-refractivity contribution in [1.29, 1.82) is 0 Å². The molecule has 0 N–H and O–H groups in total. The molecule has 0 bridgehead atoms. The molecule has 0 spiro atoms. The van der Waals surface area contributed by atoms with Crippen LogP contribution in [0.4, 0.5) is 5.69 Å². The van der Waals surface area contributed by atoms with Gasteiger partial charge in [-0.25, -0.2) is 4.90 Å². The summed E-state index contributed by atoms with van der Waals surface area (Å²) in [5.41, 5.74) is 2.02. The van der Waals surface area contributed by atoms with Crippen LogP contribution in [0.5, 0.6) is 0 Å². The Hall–Kier alpha value is -2.63. The molecular formula is C21H15NO2S2. The molecule has 0 unspecified atom stereocenters. The molecule has 2 aromatic carbocycles. The molecule has 1 aliphatic rings. The minimum Gasteiger partial charge on any atom is -0.268 e. The van der Waals surface area contributed by atoms with Gasteiger partial charge in [0.2, 0.25) is 0 Å². The van der Waals surface area contributed by atoms with Crippen molar-refractivity contribution >= 4 is 46.2 Å². The molecule has 3 aromatic rings. The number of amides is 2. The molecule has 2 amide bonds. The highest BCUT2D eigenvalue weighted by atomic mass is 32.2. The van der Waals surface area contributed by atoms with Crippen LogP contribution in [0.25, 0.3) is 5.57 Å².